The Kier molecular flexibility index (Phi) is 4.88. The quantitative estimate of drug-likeness (QED) is 0.710. The molecule has 0 aliphatic carbocycles. The number of ether oxygens (including phenoxy) is 1. The van der Waals surface area contributed by atoms with E-state index in [1.807, 2.05) is 47.0 Å². The smallest absolute Gasteiger partial charge is 0.355 e. The van der Waals surface area contributed by atoms with Crippen LogP contribution in [0.15, 0.2) is 48.5 Å². The van der Waals surface area contributed by atoms with Crippen LogP contribution in [0.4, 0.5) is 0 Å². The first kappa shape index (κ1) is 16.6. The van der Waals surface area contributed by atoms with Gasteiger partial charge in [0, 0.05) is 28.9 Å². The number of benzene rings is 2. The molecule has 0 radical (unpaired) electrons. The zero-order valence-electron chi connectivity index (χ0n) is 13.5. The molecule has 0 fully saturated rings. The lowest BCUT2D eigenvalue weighted by atomic mass is 10.1. The minimum Gasteiger partial charge on any atom is -0.461 e. The van der Waals surface area contributed by atoms with E-state index in [1.165, 1.54) is 0 Å². The normalized spacial score (nSPS) is 11.0. The summed E-state index contributed by atoms with van der Waals surface area (Å²) < 4.78 is 7.21. The molecule has 1 aromatic heterocycles. The molecule has 2 N–H and O–H groups in total. The second-order valence-electron chi connectivity index (χ2n) is 5.41. The van der Waals surface area contributed by atoms with Crippen molar-refractivity contribution in [3.05, 3.63) is 59.2 Å². The molecule has 0 bridgehead atoms. The zero-order valence-corrected chi connectivity index (χ0v) is 14.2. The van der Waals surface area contributed by atoms with Gasteiger partial charge >= 0.3 is 5.97 Å². The average Bonchev–Trinajstić information content (AvgIpc) is 2.89. The number of esters is 1. The first-order chi connectivity index (χ1) is 11.7. The van der Waals surface area contributed by atoms with Crippen LogP contribution in [-0.4, -0.2) is 23.7 Å². The molecule has 0 aliphatic rings. The number of hydrogen-bond donors (Lipinski definition) is 1. The Bertz CT molecular complexity index is 872. The van der Waals surface area contributed by atoms with Crippen molar-refractivity contribution >= 4 is 28.3 Å². The van der Waals surface area contributed by atoms with Crippen molar-refractivity contribution in [3.63, 3.8) is 0 Å². The topological polar surface area (TPSA) is 57.2 Å². The maximum Gasteiger partial charge on any atom is 0.355 e. The molecule has 1 heterocycles. The highest BCUT2D eigenvalue weighted by atomic mass is 35.5. The number of fused-ring (bicyclic) bond motifs is 1. The van der Waals surface area contributed by atoms with Crippen molar-refractivity contribution in [2.75, 3.05) is 13.2 Å². The lowest BCUT2D eigenvalue weighted by Crippen LogP contribution is -2.17. The number of aromatic nitrogens is 1. The Morgan fingerprint density at radius 1 is 1.17 bits per heavy atom. The van der Waals surface area contributed by atoms with Crippen molar-refractivity contribution < 1.29 is 9.53 Å². The molecule has 2 aromatic carbocycles. The SMILES string of the molecule is CCOC(=O)c1c2ccc(Cl)cc2c(-c2ccccc2)n1CCN. The lowest BCUT2D eigenvalue weighted by Gasteiger charge is -2.12. The number of rotatable bonds is 5. The third-order valence-electron chi connectivity index (χ3n) is 3.90. The van der Waals surface area contributed by atoms with Gasteiger partial charge in [0.05, 0.1) is 12.3 Å². The van der Waals surface area contributed by atoms with Gasteiger partial charge in [-0.05, 0) is 24.6 Å². The maximum absolute atomic E-state index is 12.6. The minimum absolute atomic E-state index is 0.322. The fourth-order valence-electron chi connectivity index (χ4n) is 3.00. The summed E-state index contributed by atoms with van der Waals surface area (Å²) in [5.74, 6) is -0.347. The van der Waals surface area contributed by atoms with E-state index < -0.39 is 0 Å². The van der Waals surface area contributed by atoms with Crippen molar-refractivity contribution in [1.82, 2.24) is 4.57 Å². The number of nitrogens with two attached hydrogens (primary N) is 1. The average molecular weight is 343 g/mol. The van der Waals surface area contributed by atoms with E-state index in [0.29, 0.717) is 30.4 Å². The monoisotopic (exact) mass is 342 g/mol. The Labute approximate surface area is 145 Å². The summed E-state index contributed by atoms with van der Waals surface area (Å²) in [7, 11) is 0. The Balaban J connectivity index is 2.37. The van der Waals surface area contributed by atoms with Crippen LogP contribution in [0.1, 0.15) is 17.4 Å². The van der Waals surface area contributed by atoms with Crippen LogP contribution in [0.2, 0.25) is 5.02 Å². The number of hydrogen-bond acceptors (Lipinski definition) is 3. The van der Waals surface area contributed by atoms with Crippen molar-refractivity contribution in [3.8, 4) is 11.3 Å². The van der Waals surface area contributed by atoms with E-state index >= 15 is 0 Å². The molecule has 124 valence electrons. The molecule has 0 unspecified atom stereocenters. The van der Waals surface area contributed by atoms with Crippen molar-refractivity contribution in [1.29, 1.82) is 0 Å². The van der Waals surface area contributed by atoms with Gasteiger partial charge in [-0.3, -0.25) is 0 Å². The van der Waals surface area contributed by atoms with E-state index in [9.17, 15) is 4.79 Å². The predicted molar refractivity (Wildman–Crippen MR) is 97.4 cm³/mol. The zero-order chi connectivity index (χ0) is 17.1. The summed E-state index contributed by atoms with van der Waals surface area (Å²) in [6, 6.07) is 15.5. The van der Waals surface area contributed by atoms with Gasteiger partial charge in [-0.25, -0.2) is 4.79 Å². The standard InChI is InChI=1S/C19H19ClN2O2/c1-2-24-19(23)18-15-9-8-14(20)12-16(15)17(22(18)11-10-21)13-6-4-3-5-7-13/h3-9,12H,2,10-11,21H2,1H3. The lowest BCUT2D eigenvalue weighted by molar-refractivity contribution is 0.0516. The van der Waals surface area contributed by atoms with Crippen LogP contribution in [0.3, 0.4) is 0 Å². The highest BCUT2D eigenvalue weighted by Gasteiger charge is 2.23. The third kappa shape index (κ3) is 2.90. The van der Waals surface area contributed by atoms with Crippen LogP contribution in [-0.2, 0) is 11.3 Å². The van der Waals surface area contributed by atoms with Crippen LogP contribution in [0.5, 0.6) is 0 Å². The number of carbonyl (C=O) groups excluding carboxylic acids is 1. The van der Waals surface area contributed by atoms with Crippen LogP contribution in [0.25, 0.3) is 22.0 Å². The second kappa shape index (κ2) is 7.07. The molecule has 0 saturated carbocycles. The highest BCUT2D eigenvalue weighted by Crippen LogP contribution is 2.36. The van der Waals surface area contributed by atoms with Crippen molar-refractivity contribution in [2.24, 2.45) is 5.73 Å². The summed E-state index contributed by atoms with van der Waals surface area (Å²) in [6.07, 6.45) is 0. The molecule has 0 amide bonds. The second-order valence-corrected chi connectivity index (χ2v) is 5.85. The van der Waals surface area contributed by atoms with Crippen LogP contribution < -0.4 is 5.73 Å². The molecule has 0 spiro atoms. The van der Waals surface area contributed by atoms with Crippen LogP contribution in [0, 0.1) is 0 Å². The fourth-order valence-corrected chi connectivity index (χ4v) is 3.17. The van der Waals surface area contributed by atoms with E-state index in [4.69, 9.17) is 22.1 Å². The molecule has 3 rings (SSSR count). The Hall–Kier alpha value is -2.30. The van der Waals surface area contributed by atoms with E-state index in [2.05, 4.69) is 0 Å². The third-order valence-corrected chi connectivity index (χ3v) is 4.14. The summed E-state index contributed by atoms with van der Waals surface area (Å²) in [5.41, 5.74) is 8.26. The fraction of sp³-hybridized carbons (Fsp3) is 0.211. The number of nitrogens with zero attached hydrogens (tertiary/aromatic N) is 1. The van der Waals surface area contributed by atoms with E-state index in [-0.39, 0.29) is 5.97 Å². The largest absolute Gasteiger partial charge is 0.461 e. The van der Waals surface area contributed by atoms with Gasteiger partial charge in [-0.2, -0.15) is 0 Å². The molecule has 4 nitrogen and oxygen atoms in total. The first-order valence-electron chi connectivity index (χ1n) is 7.91. The van der Waals surface area contributed by atoms with E-state index in [0.717, 1.165) is 22.0 Å². The molecule has 0 aliphatic heterocycles. The summed E-state index contributed by atoms with van der Waals surface area (Å²) in [4.78, 5) is 12.6. The van der Waals surface area contributed by atoms with Gasteiger partial charge in [0.25, 0.3) is 0 Å². The van der Waals surface area contributed by atoms with Gasteiger partial charge in [-0.1, -0.05) is 48.0 Å². The highest BCUT2D eigenvalue weighted by molar-refractivity contribution is 6.31. The van der Waals surface area contributed by atoms with Gasteiger partial charge in [0.2, 0.25) is 0 Å². The molecule has 3 aromatic rings. The van der Waals surface area contributed by atoms with Crippen molar-refractivity contribution in [2.45, 2.75) is 13.5 Å². The number of halogens is 1. The molecule has 5 heteroatoms. The van der Waals surface area contributed by atoms with Crippen LogP contribution >= 0.6 is 11.6 Å². The molecule has 0 atom stereocenters. The molecular weight excluding hydrogens is 324 g/mol. The number of carbonyl (C=O) groups is 1. The molecular formula is C19H19ClN2O2. The molecule has 24 heavy (non-hydrogen) atoms. The Morgan fingerprint density at radius 2 is 1.92 bits per heavy atom. The summed E-state index contributed by atoms with van der Waals surface area (Å²) in [6.45, 7) is 3.05. The first-order valence-corrected chi connectivity index (χ1v) is 8.29. The molecule has 0 saturated heterocycles. The van der Waals surface area contributed by atoms with Gasteiger partial charge in [0.15, 0.2) is 0 Å². The van der Waals surface area contributed by atoms with Gasteiger partial charge < -0.3 is 15.0 Å². The predicted octanol–water partition coefficient (Wildman–Crippen LogP) is 4.10. The van der Waals surface area contributed by atoms with Gasteiger partial charge in [-0.15, -0.1) is 0 Å². The summed E-state index contributed by atoms with van der Waals surface area (Å²) in [5, 5.41) is 2.37. The van der Waals surface area contributed by atoms with Gasteiger partial charge in [0.1, 0.15) is 5.69 Å². The summed E-state index contributed by atoms with van der Waals surface area (Å²) >= 11 is 6.21. The maximum atomic E-state index is 12.6. The van der Waals surface area contributed by atoms with E-state index in [1.54, 1.807) is 13.0 Å². The minimum atomic E-state index is -0.347. The Morgan fingerprint density at radius 3 is 2.58 bits per heavy atom.